The van der Waals surface area contributed by atoms with Crippen molar-refractivity contribution in [2.45, 2.75) is 18.5 Å². The van der Waals surface area contributed by atoms with Crippen molar-refractivity contribution in [3.63, 3.8) is 0 Å². The van der Waals surface area contributed by atoms with E-state index in [1.54, 1.807) is 18.2 Å². The van der Waals surface area contributed by atoms with E-state index in [2.05, 4.69) is 5.32 Å². The maximum atomic E-state index is 12.7. The van der Waals surface area contributed by atoms with Gasteiger partial charge in [-0.1, -0.05) is 11.6 Å². The number of benzene rings is 1. The molecule has 0 spiro atoms. The van der Waals surface area contributed by atoms with Gasteiger partial charge in [-0.25, -0.2) is 0 Å². The number of hydrogen-bond donors (Lipinski definition) is 2. The number of nitrogens with zero attached hydrogens (tertiary/aromatic N) is 1. The number of halogens is 1. The minimum absolute atomic E-state index is 0.118. The lowest BCUT2D eigenvalue weighted by molar-refractivity contribution is -0.105. The highest BCUT2D eigenvalue weighted by molar-refractivity contribution is 6.35. The highest BCUT2D eigenvalue weighted by Gasteiger charge is 2.40. The van der Waals surface area contributed by atoms with Crippen molar-refractivity contribution in [1.29, 1.82) is 0 Å². The molecule has 1 saturated heterocycles. The van der Waals surface area contributed by atoms with Crippen LogP contribution < -0.4 is 5.32 Å². The molecule has 3 rings (SSSR count). The van der Waals surface area contributed by atoms with Crippen LogP contribution in [0.5, 0.6) is 0 Å². The summed E-state index contributed by atoms with van der Waals surface area (Å²) in [7, 11) is 1.93. The van der Waals surface area contributed by atoms with Gasteiger partial charge in [-0.3, -0.25) is 9.69 Å². The summed E-state index contributed by atoms with van der Waals surface area (Å²) in [6, 6.07) is 5.41. The van der Waals surface area contributed by atoms with Crippen LogP contribution in [-0.4, -0.2) is 60.9 Å². The van der Waals surface area contributed by atoms with Crippen LogP contribution in [-0.2, 0) is 4.74 Å². The lowest BCUT2D eigenvalue weighted by Crippen LogP contribution is -2.65. The maximum Gasteiger partial charge on any atom is 0.256 e. The normalized spacial score (nSPS) is 25.1. The molecule has 1 aliphatic heterocycles. The van der Waals surface area contributed by atoms with E-state index in [1.165, 1.54) is 6.26 Å². The number of ether oxygens (including phenoxy) is 1. The first kappa shape index (κ1) is 17.2. The highest BCUT2D eigenvalue weighted by atomic mass is 35.5. The first-order chi connectivity index (χ1) is 11.5. The quantitative estimate of drug-likeness (QED) is 0.879. The molecule has 6 nitrogen and oxygen atoms in total. The standard InChI is InChI=1S/C17H21ClN2O4/c1-11-7-23-10-17(9-21,20(11)2)8-19-16(22)14-13(18)4-3-12-5-6-24-15(12)14/h3-6,11,21H,7-10H2,1-2H3,(H,19,22)/t11-,17+/m1/s1. The van der Waals surface area contributed by atoms with Gasteiger partial charge in [-0.05, 0) is 32.2 Å². The molecule has 2 aromatic rings. The monoisotopic (exact) mass is 352 g/mol. The molecule has 0 radical (unpaired) electrons. The summed E-state index contributed by atoms with van der Waals surface area (Å²) in [5, 5.41) is 13.9. The van der Waals surface area contributed by atoms with E-state index in [0.29, 0.717) is 29.4 Å². The van der Waals surface area contributed by atoms with Gasteiger partial charge < -0.3 is 19.6 Å². The van der Waals surface area contributed by atoms with Crippen molar-refractivity contribution < 1.29 is 19.1 Å². The molecule has 2 N–H and O–H groups in total. The van der Waals surface area contributed by atoms with Crippen molar-refractivity contribution in [2.75, 3.05) is 33.4 Å². The minimum Gasteiger partial charge on any atom is -0.463 e. The van der Waals surface area contributed by atoms with Crippen LogP contribution in [0.2, 0.25) is 5.02 Å². The fourth-order valence-electron chi connectivity index (χ4n) is 3.04. The third kappa shape index (κ3) is 2.91. The van der Waals surface area contributed by atoms with Crippen LogP contribution in [0.1, 0.15) is 17.3 Å². The summed E-state index contributed by atoms with van der Waals surface area (Å²) in [6.45, 7) is 3.10. The molecule has 0 bridgehead atoms. The molecule has 130 valence electrons. The molecular formula is C17H21ClN2O4. The Morgan fingerprint density at radius 1 is 1.50 bits per heavy atom. The number of likely N-dealkylation sites (N-methyl/N-ethyl adjacent to an activating group) is 1. The molecule has 0 aliphatic carbocycles. The van der Waals surface area contributed by atoms with E-state index >= 15 is 0 Å². The zero-order valence-electron chi connectivity index (χ0n) is 13.7. The second-order valence-electron chi connectivity index (χ2n) is 6.30. The van der Waals surface area contributed by atoms with E-state index in [0.717, 1.165) is 5.39 Å². The fourth-order valence-corrected chi connectivity index (χ4v) is 3.28. The van der Waals surface area contributed by atoms with Gasteiger partial charge in [-0.2, -0.15) is 0 Å². The van der Waals surface area contributed by atoms with Gasteiger partial charge in [0.2, 0.25) is 0 Å². The van der Waals surface area contributed by atoms with Crippen molar-refractivity contribution in [1.82, 2.24) is 10.2 Å². The number of amides is 1. The molecule has 24 heavy (non-hydrogen) atoms. The number of aliphatic hydroxyl groups excluding tert-OH is 1. The Bertz CT molecular complexity index is 747. The SMILES string of the molecule is C[C@@H]1COC[C@@](CO)(CNC(=O)c2c(Cl)ccc3ccoc23)N1C. The van der Waals surface area contributed by atoms with Crippen LogP contribution in [0.25, 0.3) is 11.0 Å². The number of carbonyl (C=O) groups excluding carboxylic acids is 1. The van der Waals surface area contributed by atoms with Gasteiger partial charge in [0.1, 0.15) is 11.1 Å². The Morgan fingerprint density at radius 2 is 2.29 bits per heavy atom. The average molecular weight is 353 g/mol. The number of fused-ring (bicyclic) bond motifs is 1. The number of nitrogens with one attached hydrogen (secondary N) is 1. The lowest BCUT2D eigenvalue weighted by Gasteiger charge is -2.47. The number of furan rings is 1. The van der Waals surface area contributed by atoms with Gasteiger partial charge in [0.25, 0.3) is 5.91 Å². The largest absolute Gasteiger partial charge is 0.463 e. The summed E-state index contributed by atoms with van der Waals surface area (Å²) in [6.07, 6.45) is 1.53. The van der Waals surface area contributed by atoms with E-state index in [1.807, 2.05) is 18.9 Å². The molecule has 1 fully saturated rings. The van der Waals surface area contributed by atoms with E-state index in [4.69, 9.17) is 20.8 Å². The molecular weight excluding hydrogens is 332 g/mol. The molecule has 1 aromatic carbocycles. The minimum atomic E-state index is -0.656. The molecule has 2 atom stereocenters. The predicted molar refractivity (Wildman–Crippen MR) is 91.4 cm³/mol. The van der Waals surface area contributed by atoms with E-state index in [-0.39, 0.29) is 25.1 Å². The van der Waals surface area contributed by atoms with Crippen LogP contribution in [0.3, 0.4) is 0 Å². The third-order valence-corrected chi connectivity index (χ3v) is 5.12. The average Bonchev–Trinajstić information content (AvgIpc) is 3.04. The van der Waals surface area contributed by atoms with Crippen molar-refractivity contribution in [2.24, 2.45) is 0 Å². The molecule has 1 amide bonds. The molecule has 1 aromatic heterocycles. The van der Waals surface area contributed by atoms with Crippen molar-refractivity contribution in [3.8, 4) is 0 Å². The van der Waals surface area contributed by atoms with Crippen LogP contribution in [0.4, 0.5) is 0 Å². The van der Waals surface area contributed by atoms with Crippen LogP contribution in [0.15, 0.2) is 28.9 Å². The first-order valence-corrected chi connectivity index (χ1v) is 8.22. The van der Waals surface area contributed by atoms with E-state index < -0.39 is 5.54 Å². The van der Waals surface area contributed by atoms with Crippen molar-refractivity contribution in [3.05, 3.63) is 35.0 Å². The first-order valence-electron chi connectivity index (χ1n) is 7.84. The summed E-state index contributed by atoms with van der Waals surface area (Å²) < 4.78 is 11.0. The zero-order chi connectivity index (χ0) is 17.3. The van der Waals surface area contributed by atoms with Crippen molar-refractivity contribution >= 4 is 28.5 Å². The van der Waals surface area contributed by atoms with Gasteiger partial charge >= 0.3 is 0 Å². The number of morpholine rings is 1. The number of carbonyl (C=O) groups is 1. The Hall–Kier alpha value is -1.60. The summed E-state index contributed by atoms with van der Waals surface area (Å²) in [4.78, 5) is 14.7. The molecule has 2 heterocycles. The molecule has 1 aliphatic rings. The highest BCUT2D eigenvalue weighted by Crippen LogP contribution is 2.27. The predicted octanol–water partition coefficient (Wildman–Crippen LogP) is 1.90. The Morgan fingerprint density at radius 3 is 3.04 bits per heavy atom. The zero-order valence-corrected chi connectivity index (χ0v) is 14.5. The number of hydrogen-bond acceptors (Lipinski definition) is 5. The van der Waals surface area contributed by atoms with Gasteiger partial charge in [0.05, 0.1) is 36.6 Å². The lowest BCUT2D eigenvalue weighted by atomic mass is 9.95. The summed E-state index contributed by atoms with van der Waals surface area (Å²) >= 11 is 6.19. The topological polar surface area (TPSA) is 74.9 Å². The Balaban J connectivity index is 1.81. The number of rotatable bonds is 4. The van der Waals surface area contributed by atoms with Gasteiger partial charge in [-0.15, -0.1) is 0 Å². The van der Waals surface area contributed by atoms with Crippen LogP contribution in [0, 0.1) is 0 Å². The maximum absolute atomic E-state index is 12.7. The van der Waals surface area contributed by atoms with Gasteiger partial charge in [0.15, 0.2) is 0 Å². The molecule has 0 saturated carbocycles. The summed E-state index contributed by atoms with van der Waals surface area (Å²) in [5.41, 5.74) is 0.107. The van der Waals surface area contributed by atoms with Crippen LogP contribution >= 0.6 is 11.6 Å². The smallest absolute Gasteiger partial charge is 0.256 e. The van der Waals surface area contributed by atoms with E-state index in [9.17, 15) is 9.90 Å². The fraction of sp³-hybridized carbons (Fsp3) is 0.471. The molecule has 7 heteroatoms. The Labute approximate surface area is 145 Å². The second-order valence-corrected chi connectivity index (χ2v) is 6.71. The molecule has 0 unspecified atom stereocenters. The Kier molecular flexibility index (Phi) is 4.83. The van der Waals surface area contributed by atoms with Gasteiger partial charge in [0, 0.05) is 18.0 Å². The third-order valence-electron chi connectivity index (χ3n) is 4.81. The second kappa shape index (κ2) is 6.72. The number of aliphatic hydroxyl groups is 1. The summed E-state index contributed by atoms with van der Waals surface area (Å²) in [5.74, 6) is -0.333.